The van der Waals surface area contributed by atoms with Crippen LogP contribution in [0, 0.1) is 0 Å². The topological polar surface area (TPSA) is 22.0 Å². The Bertz CT molecular complexity index is 713. The van der Waals surface area contributed by atoms with Gasteiger partial charge in [0.2, 0.25) is 0 Å². The van der Waals surface area contributed by atoms with E-state index < -0.39 is 0 Å². The second kappa shape index (κ2) is 6.89. The lowest BCUT2D eigenvalue weighted by Crippen LogP contribution is -2.15. The molecule has 2 nitrogen and oxygen atoms in total. The molecule has 1 unspecified atom stereocenters. The number of rotatable bonds is 3. The van der Waals surface area contributed by atoms with Crippen molar-refractivity contribution < 1.29 is 4.79 Å². The van der Waals surface area contributed by atoms with Gasteiger partial charge < -0.3 is 4.57 Å². The van der Waals surface area contributed by atoms with Crippen LogP contribution in [0.3, 0.4) is 0 Å². The van der Waals surface area contributed by atoms with Crippen LogP contribution >= 0.6 is 0 Å². The number of nitrogens with zero attached hydrogens (tertiary/aromatic N) is 1. The Balaban J connectivity index is 0.000000774. The normalized spacial score (nSPS) is 11.6. The van der Waals surface area contributed by atoms with Gasteiger partial charge in [-0.25, -0.2) is 0 Å². The number of fused-ring (bicyclic) bond motifs is 1. The number of aromatic nitrogens is 1. The molecule has 0 bridgehead atoms. The van der Waals surface area contributed by atoms with E-state index in [1.807, 2.05) is 86.1 Å². The molecule has 1 aromatic heterocycles. The summed E-state index contributed by atoms with van der Waals surface area (Å²) in [6.45, 7) is 5.95. The van der Waals surface area contributed by atoms with E-state index in [-0.39, 0.29) is 11.8 Å². The predicted octanol–water partition coefficient (Wildman–Crippen LogP) is 5.11. The molecule has 0 amide bonds. The van der Waals surface area contributed by atoms with E-state index in [9.17, 15) is 4.79 Å². The third kappa shape index (κ3) is 3.05. The molecule has 108 valence electrons. The fourth-order valence-electron chi connectivity index (χ4n) is 2.41. The highest BCUT2D eigenvalue weighted by Gasteiger charge is 2.17. The van der Waals surface area contributed by atoms with Crippen LogP contribution in [0.4, 0.5) is 0 Å². The number of benzene rings is 2. The van der Waals surface area contributed by atoms with Gasteiger partial charge in [-0.1, -0.05) is 62.4 Å². The summed E-state index contributed by atoms with van der Waals surface area (Å²) < 4.78 is 2.03. The summed E-state index contributed by atoms with van der Waals surface area (Å²) >= 11 is 0. The van der Waals surface area contributed by atoms with Crippen molar-refractivity contribution in [1.82, 2.24) is 4.57 Å². The molecule has 0 aliphatic carbocycles. The van der Waals surface area contributed by atoms with Crippen LogP contribution in [-0.2, 0) is 0 Å². The Morgan fingerprint density at radius 2 is 1.52 bits per heavy atom. The molecule has 21 heavy (non-hydrogen) atoms. The highest BCUT2D eigenvalue weighted by molar-refractivity contribution is 5.99. The second-order valence-electron chi connectivity index (χ2n) is 4.69. The molecule has 3 rings (SSSR count). The third-order valence-corrected chi connectivity index (χ3v) is 3.48. The van der Waals surface area contributed by atoms with Crippen molar-refractivity contribution in [1.29, 1.82) is 0 Å². The van der Waals surface area contributed by atoms with Crippen molar-refractivity contribution in [3.05, 3.63) is 72.4 Å². The Hall–Kier alpha value is -2.35. The van der Waals surface area contributed by atoms with Crippen LogP contribution in [-0.4, -0.2) is 10.4 Å². The minimum absolute atomic E-state index is 0.141. The van der Waals surface area contributed by atoms with Gasteiger partial charge in [-0.3, -0.25) is 4.79 Å². The monoisotopic (exact) mass is 279 g/mol. The summed E-state index contributed by atoms with van der Waals surface area (Å²) in [5.74, 6) is 0.141. The minimum Gasteiger partial charge on any atom is -0.337 e. The van der Waals surface area contributed by atoms with Crippen LogP contribution in [0.25, 0.3) is 10.9 Å². The second-order valence-corrected chi connectivity index (χ2v) is 4.69. The summed E-state index contributed by atoms with van der Waals surface area (Å²) in [5, 5.41) is 1.16. The van der Waals surface area contributed by atoms with Gasteiger partial charge in [-0.2, -0.15) is 0 Å². The maximum atomic E-state index is 12.5. The molecule has 0 fully saturated rings. The molecule has 0 aliphatic rings. The van der Waals surface area contributed by atoms with Crippen LogP contribution in [0.1, 0.15) is 37.2 Å². The Morgan fingerprint density at radius 1 is 0.905 bits per heavy atom. The zero-order chi connectivity index (χ0) is 15.2. The summed E-state index contributed by atoms with van der Waals surface area (Å²) in [5.41, 5.74) is 1.85. The molecule has 0 saturated carbocycles. The lowest BCUT2D eigenvalue weighted by molar-refractivity contribution is 0.0937. The molecular weight excluding hydrogens is 258 g/mol. The molecule has 0 saturated heterocycles. The summed E-state index contributed by atoms with van der Waals surface area (Å²) in [7, 11) is 0. The summed E-state index contributed by atoms with van der Waals surface area (Å²) in [6.07, 6.45) is 1.98. The first kappa shape index (κ1) is 15.0. The third-order valence-electron chi connectivity index (χ3n) is 3.48. The Labute approximate surface area is 126 Å². The van der Waals surface area contributed by atoms with Crippen LogP contribution < -0.4 is 0 Å². The van der Waals surface area contributed by atoms with E-state index in [4.69, 9.17) is 0 Å². The average molecular weight is 279 g/mol. The van der Waals surface area contributed by atoms with Crippen LogP contribution in [0.5, 0.6) is 0 Å². The minimum atomic E-state index is -0.192. The SMILES string of the molecule is CC.CC(C(=O)c1ccccc1)n1ccc2ccccc21. The van der Waals surface area contributed by atoms with Gasteiger partial charge in [-0.15, -0.1) is 0 Å². The fourth-order valence-corrected chi connectivity index (χ4v) is 2.41. The molecule has 1 heterocycles. The van der Waals surface area contributed by atoms with E-state index in [1.165, 1.54) is 0 Å². The van der Waals surface area contributed by atoms with E-state index >= 15 is 0 Å². The number of carbonyl (C=O) groups excluding carboxylic acids is 1. The van der Waals surface area contributed by atoms with Crippen molar-refractivity contribution in [2.45, 2.75) is 26.8 Å². The molecule has 0 radical (unpaired) electrons. The van der Waals surface area contributed by atoms with Gasteiger partial charge >= 0.3 is 0 Å². The van der Waals surface area contributed by atoms with E-state index in [1.54, 1.807) is 0 Å². The standard InChI is InChI=1S/C17H15NO.C2H6/c1-13(17(19)15-8-3-2-4-9-15)18-12-11-14-7-5-6-10-16(14)18;1-2/h2-13H,1H3;1-2H3. The molecule has 0 aliphatic heterocycles. The molecule has 0 N–H and O–H groups in total. The van der Waals surface area contributed by atoms with E-state index in [0.29, 0.717) is 0 Å². The molecule has 2 heteroatoms. The maximum Gasteiger partial charge on any atom is 0.185 e. The smallest absolute Gasteiger partial charge is 0.185 e. The first-order valence-corrected chi connectivity index (χ1v) is 7.42. The van der Waals surface area contributed by atoms with E-state index in [2.05, 4.69) is 6.07 Å². The zero-order valence-electron chi connectivity index (χ0n) is 12.8. The van der Waals surface area contributed by atoms with Crippen molar-refractivity contribution in [2.75, 3.05) is 0 Å². The first-order chi connectivity index (χ1) is 10.3. The first-order valence-electron chi connectivity index (χ1n) is 7.42. The summed E-state index contributed by atoms with van der Waals surface area (Å²) in [4.78, 5) is 12.5. The highest BCUT2D eigenvalue weighted by Crippen LogP contribution is 2.22. The van der Waals surface area contributed by atoms with Crippen molar-refractivity contribution in [3.8, 4) is 0 Å². The van der Waals surface area contributed by atoms with Crippen molar-refractivity contribution in [3.63, 3.8) is 0 Å². The lowest BCUT2D eigenvalue weighted by Gasteiger charge is -2.14. The number of para-hydroxylation sites is 1. The quantitative estimate of drug-likeness (QED) is 0.610. The molecular formula is C19H21NO. The van der Waals surface area contributed by atoms with Gasteiger partial charge in [0.15, 0.2) is 5.78 Å². The molecule has 3 aromatic rings. The Kier molecular flexibility index (Phi) is 4.94. The molecule has 1 atom stereocenters. The van der Waals surface area contributed by atoms with E-state index in [0.717, 1.165) is 16.5 Å². The lowest BCUT2D eigenvalue weighted by atomic mass is 10.1. The number of hydrogen-bond acceptors (Lipinski definition) is 1. The van der Waals surface area contributed by atoms with Crippen molar-refractivity contribution >= 4 is 16.7 Å². The zero-order valence-corrected chi connectivity index (χ0v) is 12.8. The fraction of sp³-hybridized carbons (Fsp3) is 0.211. The maximum absolute atomic E-state index is 12.5. The van der Waals surface area contributed by atoms with Crippen molar-refractivity contribution in [2.24, 2.45) is 0 Å². The van der Waals surface area contributed by atoms with Gasteiger partial charge in [-0.05, 0) is 24.4 Å². The number of Topliss-reactive ketones (excluding diaryl/α,β-unsaturated/α-hetero) is 1. The number of hydrogen-bond donors (Lipinski definition) is 0. The van der Waals surface area contributed by atoms with Gasteiger partial charge in [0, 0.05) is 17.3 Å². The summed E-state index contributed by atoms with van der Waals surface area (Å²) in [6, 6.07) is 19.4. The molecule has 0 spiro atoms. The predicted molar refractivity (Wildman–Crippen MR) is 88.8 cm³/mol. The molecule has 2 aromatic carbocycles. The van der Waals surface area contributed by atoms with Gasteiger partial charge in [0.05, 0.1) is 6.04 Å². The highest BCUT2D eigenvalue weighted by atomic mass is 16.1. The largest absolute Gasteiger partial charge is 0.337 e. The average Bonchev–Trinajstić information content (AvgIpc) is 3.00. The Morgan fingerprint density at radius 3 is 2.24 bits per heavy atom. The van der Waals surface area contributed by atoms with Crippen LogP contribution in [0.15, 0.2) is 66.9 Å². The van der Waals surface area contributed by atoms with Gasteiger partial charge in [0.1, 0.15) is 0 Å². The van der Waals surface area contributed by atoms with Crippen LogP contribution in [0.2, 0.25) is 0 Å². The number of ketones is 1. The van der Waals surface area contributed by atoms with Gasteiger partial charge in [0.25, 0.3) is 0 Å². The number of carbonyl (C=O) groups is 1.